The highest BCUT2D eigenvalue weighted by Gasteiger charge is 2.56. The molecule has 0 unspecified atom stereocenters. The van der Waals surface area contributed by atoms with Gasteiger partial charge in [0.2, 0.25) is 0 Å². The third kappa shape index (κ3) is 0.901. The molecule has 4 nitrogen and oxygen atoms in total. The summed E-state index contributed by atoms with van der Waals surface area (Å²) in [6, 6.07) is 0.294. The van der Waals surface area contributed by atoms with Crippen molar-refractivity contribution < 1.29 is 14.4 Å². The van der Waals surface area contributed by atoms with Crippen molar-refractivity contribution in [1.29, 1.82) is 0 Å². The van der Waals surface area contributed by atoms with Crippen molar-refractivity contribution in [2.45, 2.75) is 38.0 Å². The molecule has 0 aromatic carbocycles. The Balaban J connectivity index is 1.90. The number of cyclic esters (lactones) is 1. The number of nitrogens with zero attached hydrogens (tertiary/aromatic N) is 1. The van der Waals surface area contributed by atoms with E-state index in [9.17, 15) is 4.79 Å². The minimum Gasteiger partial charge on any atom is -0.459 e. The van der Waals surface area contributed by atoms with Crippen molar-refractivity contribution in [3.05, 3.63) is 0 Å². The maximum atomic E-state index is 11.5. The average Bonchev–Trinajstić information content (AvgIpc) is 2.63. The molecular weight excluding hydrogens is 170 g/mol. The first-order chi connectivity index (χ1) is 6.27. The Morgan fingerprint density at radius 2 is 2.38 bits per heavy atom. The van der Waals surface area contributed by atoms with Crippen molar-refractivity contribution in [3.8, 4) is 0 Å². The van der Waals surface area contributed by atoms with Gasteiger partial charge in [-0.3, -0.25) is 9.63 Å². The molecule has 0 N–H and O–H groups in total. The molecule has 0 aliphatic carbocycles. The summed E-state index contributed by atoms with van der Waals surface area (Å²) in [6.45, 7) is 2.88. The molecule has 0 saturated carbocycles. The van der Waals surface area contributed by atoms with Gasteiger partial charge in [0.25, 0.3) is 0 Å². The normalized spacial score (nSPS) is 49.2. The van der Waals surface area contributed by atoms with Gasteiger partial charge in [-0.25, -0.2) is 0 Å². The van der Waals surface area contributed by atoms with Gasteiger partial charge in [0, 0.05) is 6.54 Å². The van der Waals surface area contributed by atoms with Gasteiger partial charge in [-0.2, -0.15) is 5.06 Å². The molecule has 3 heterocycles. The van der Waals surface area contributed by atoms with Crippen molar-refractivity contribution in [3.63, 3.8) is 0 Å². The Labute approximate surface area is 76.7 Å². The second kappa shape index (κ2) is 2.45. The number of esters is 1. The number of rotatable bonds is 0. The van der Waals surface area contributed by atoms with Crippen LogP contribution in [0, 0.1) is 5.92 Å². The van der Waals surface area contributed by atoms with Gasteiger partial charge in [0.15, 0.2) is 0 Å². The van der Waals surface area contributed by atoms with Crippen LogP contribution in [0.5, 0.6) is 0 Å². The van der Waals surface area contributed by atoms with Crippen LogP contribution in [-0.2, 0) is 14.4 Å². The average molecular weight is 183 g/mol. The largest absolute Gasteiger partial charge is 0.459 e. The van der Waals surface area contributed by atoms with Crippen LogP contribution in [0.1, 0.15) is 19.8 Å². The Morgan fingerprint density at radius 1 is 1.54 bits per heavy atom. The second-order valence-corrected chi connectivity index (χ2v) is 4.09. The van der Waals surface area contributed by atoms with Crippen LogP contribution in [0.25, 0.3) is 0 Å². The number of ether oxygens (including phenoxy) is 1. The topological polar surface area (TPSA) is 38.8 Å². The van der Waals surface area contributed by atoms with Gasteiger partial charge < -0.3 is 4.74 Å². The first-order valence-corrected chi connectivity index (χ1v) is 4.91. The lowest BCUT2D eigenvalue weighted by Crippen LogP contribution is -2.29. The number of hydroxylamine groups is 2. The molecule has 13 heavy (non-hydrogen) atoms. The Kier molecular flexibility index (Phi) is 1.46. The number of hydrogen-bond acceptors (Lipinski definition) is 4. The van der Waals surface area contributed by atoms with E-state index >= 15 is 0 Å². The summed E-state index contributed by atoms with van der Waals surface area (Å²) in [5.41, 5.74) is 0. The zero-order valence-corrected chi connectivity index (χ0v) is 7.60. The maximum Gasteiger partial charge on any atom is 0.313 e. The molecule has 3 rings (SSSR count). The fourth-order valence-electron chi connectivity index (χ4n) is 2.69. The number of carbonyl (C=O) groups is 1. The third-order valence-electron chi connectivity index (χ3n) is 3.31. The number of hydrogen-bond donors (Lipinski definition) is 0. The summed E-state index contributed by atoms with van der Waals surface area (Å²) in [6.07, 6.45) is 2.12. The van der Waals surface area contributed by atoms with Gasteiger partial charge in [0.05, 0.1) is 6.04 Å². The smallest absolute Gasteiger partial charge is 0.313 e. The molecule has 3 fully saturated rings. The summed E-state index contributed by atoms with van der Waals surface area (Å²) in [7, 11) is 0. The van der Waals surface area contributed by atoms with Crippen LogP contribution in [-0.4, -0.2) is 35.8 Å². The molecule has 4 atom stereocenters. The fourth-order valence-corrected chi connectivity index (χ4v) is 2.69. The molecule has 0 amide bonds. The number of fused-ring (bicyclic) bond motifs is 3. The van der Waals surface area contributed by atoms with E-state index in [-0.39, 0.29) is 24.1 Å². The van der Waals surface area contributed by atoms with Crippen molar-refractivity contribution in [2.75, 3.05) is 6.54 Å². The van der Waals surface area contributed by atoms with Gasteiger partial charge in [-0.15, -0.1) is 0 Å². The monoisotopic (exact) mass is 183 g/mol. The van der Waals surface area contributed by atoms with E-state index in [2.05, 4.69) is 0 Å². The third-order valence-corrected chi connectivity index (χ3v) is 3.31. The van der Waals surface area contributed by atoms with Crippen molar-refractivity contribution in [1.82, 2.24) is 5.06 Å². The summed E-state index contributed by atoms with van der Waals surface area (Å²) in [4.78, 5) is 17.2. The molecule has 72 valence electrons. The molecule has 0 radical (unpaired) electrons. The summed E-state index contributed by atoms with van der Waals surface area (Å²) < 4.78 is 5.15. The van der Waals surface area contributed by atoms with Gasteiger partial charge in [-0.05, 0) is 19.8 Å². The second-order valence-electron chi connectivity index (χ2n) is 4.09. The van der Waals surface area contributed by atoms with Crippen molar-refractivity contribution in [2.24, 2.45) is 5.92 Å². The van der Waals surface area contributed by atoms with E-state index in [0.717, 1.165) is 19.4 Å². The van der Waals surface area contributed by atoms with Crippen LogP contribution < -0.4 is 0 Å². The van der Waals surface area contributed by atoms with E-state index < -0.39 is 0 Å². The molecular formula is C9H13NO3. The zero-order valence-electron chi connectivity index (χ0n) is 7.60. The Hall–Kier alpha value is -0.610. The molecule has 0 aromatic rings. The highest BCUT2D eigenvalue weighted by atomic mass is 16.7. The minimum atomic E-state index is -0.0666. The van der Waals surface area contributed by atoms with Gasteiger partial charge in [-0.1, -0.05) is 0 Å². The lowest BCUT2D eigenvalue weighted by Gasteiger charge is -2.16. The van der Waals surface area contributed by atoms with E-state index in [1.165, 1.54) is 0 Å². The molecule has 0 bridgehead atoms. The van der Waals surface area contributed by atoms with E-state index in [1.807, 2.05) is 12.0 Å². The SMILES string of the molecule is C[C@@H]1OC(=O)[C@H]2[C@@H]1ON1CCC[C@H]21. The standard InChI is InChI=1S/C9H13NO3/c1-5-8-7(9(11)12-5)6-3-2-4-10(6)13-8/h5-8H,2-4H2,1H3/t5-,6+,7+,8+/m0/s1. The molecule has 4 heteroatoms. The molecule has 0 aromatic heterocycles. The van der Waals surface area contributed by atoms with Gasteiger partial charge >= 0.3 is 5.97 Å². The fraction of sp³-hybridized carbons (Fsp3) is 0.889. The van der Waals surface area contributed by atoms with Crippen LogP contribution in [0.2, 0.25) is 0 Å². The van der Waals surface area contributed by atoms with E-state index in [0.29, 0.717) is 6.04 Å². The predicted octanol–water partition coefficient (Wildman–Crippen LogP) is 0.326. The summed E-state index contributed by atoms with van der Waals surface area (Å²) >= 11 is 0. The molecule has 3 aliphatic rings. The summed E-state index contributed by atoms with van der Waals surface area (Å²) in [5, 5.41) is 1.98. The molecule has 3 saturated heterocycles. The van der Waals surface area contributed by atoms with Crippen LogP contribution in [0.4, 0.5) is 0 Å². The molecule has 3 aliphatic heterocycles. The minimum absolute atomic E-state index is 0.0159. The van der Waals surface area contributed by atoms with Gasteiger partial charge in [0.1, 0.15) is 18.1 Å². The Morgan fingerprint density at radius 3 is 3.23 bits per heavy atom. The highest BCUT2D eigenvalue weighted by Crippen LogP contribution is 2.41. The van der Waals surface area contributed by atoms with Crippen LogP contribution in [0.3, 0.4) is 0 Å². The van der Waals surface area contributed by atoms with Crippen LogP contribution >= 0.6 is 0 Å². The summed E-state index contributed by atoms with van der Waals surface area (Å²) in [5.74, 6) is -0.0793. The lowest BCUT2D eigenvalue weighted by molar-refractivity contribution is -0.174. The van der Waals surface area contributed by atoms with E-state index in [1.54, 1.807) is 0 Å². The zero-order chi connectivity index (χ0) is 9.00. The first kappa shape index (κ1) is 7.76. The quantitative estimate of drug-likeness (QED) is 0.507. The lowest BCUT2D eigenvalue weighted by atomic mass is 9.94. The highest BCUT2D eigenvalue weighted by molar-refractivity contribution is 5.77. The Bertz CT molecular complexity index is 253. The predicted molar refractivity (Wildman–Crippen MR) is 43.6 cm³/mol. The van der Waals surface area contributed by atoms with Crippen LogP contribution in [0.15, 0.2) is 0 Å². The maximum absolute atomic E-state index is 11.5. The first-order valence-electron chi connectivity index (χ1n) is 4.91. The van der Waals surface area contributed by atoms with E-state index in [4.69, 9.17) is 9.57 Å². The number of carbonyl (C=O) groups excluding carboxylic acids is 1. The molecule has 0 spiro atoms. The van der Waals surface area contributed by atoms with Crippen molar-refractivity contribution >= 4 is 5.97 Å².